The van der Waals surface area contributed by atoms with E-state index in [0.717, 1.165) is 24.2 Å². The van der Waals surface area contributed by atoms with Gasteiger partial charge in [0.15, 0.2) is 5.16 Å². The molecule has 3 aromatic rings. The number of carbonyl (C=O) groups excluding carboxylic acids is 1. The fraction of sp³-hybridized carbons (Fsp3) is 0.286. The van der Waals surface area contributed by atoms with Crippen molar-refractivity contribution in [1.29, 1.82) is 0 Å². The van der Waals surface area contributed by atoms with Gasteiger partial charge in [-0.25, -0.2) is 0 Å². The average molecular weight is 465 g/mol. The molecule has 1 N–H and O–H groups in total. The first kappa shape index (κ1) is 21.6. The minimum absolute atomic E-state index is 0.0116. The highest BCUT2D eigenvalue weighted by Crippen LogP contribution is 2.40. The van der Waals surface area contributed by atoms with Crippen LogP contribution in [0.25, 0.3) is 0 Å². The SMILES string of the molecule is O=C(CSc1nnc(C2CC2)n1Cc1ccccc1)Nc1ccc(OC(F)F)c(Cl)c1. The standard InChI is InChI=1S/C21H19ClF2N4O2S/c22-16-10-15(8-9-17(16)30-20(23)24)25-18(29)12-31-21-27-26-19(14-6-7-14)28(21)11-13-4-2-1-3-5-13/h1-5,8-10,14,20H,6-7,11-12H2,(H,25,29). The maximum Gasteiger partial charge on any atom is 0.387 e. The predicted octanol–water partition coefficient (Wildman–Crippen LogP) is 5.19. The lowest BCUT2D eigenvalue weighted by atomic mass is 10.2. The van der Waals surface area contributed by atoms with Crippen LogP contribution >= 0.6 is 23.4 Å². The summed E-state index contributed by atoms with van der Waals surface area (Å²) in [5.41, 5.74) is 1.53. The molecule has 1 saturated carbocycles. The van der Waals surface area contributed by atoms with Gasteiger partial charge in [-0.05, 0) is 36.6 Å². The van der Waals surface area contributed by atoms with E-state index in [-0.39, 0.29) is 22.4 Å². The summed E-state index contributed by atoms with van der Waals surface area (Å²) in [6, 6.07) is 14.1. The van der Waals surface area contributed by atoms with E-state index in [0.29, 0.717) is 23.3 Å². The Hall–Kier alpha value is -2.65. The van der Waals surface area contributed by atoms with Crippen LogP contribution in [0.5, 0.6) is 5.75 Å². The van der Waals surface area contributed by atoms with Crippen molar-refractivity contribution in [1.82, 2.24) is 14.8 Å². The molecule has 0 aliphatic heterocycles. The lowest BCUT2D eigenvalue weighted by Crippen LogP contribution is -2.15. The Labute approximate surface area is 187 Å². The van der Waals surface area contributed by atoms with Gasteiger partial charge in [0.05, 0.1) is 17.3 Å². The molecule has 0 radical (unpaired) electrons. The molecule has 1 aliphatic carbocycles. The Morgan fingerprint density at radius 3 is 2.68 bits per heavy atom. The van der Waals surface area contributed by atoms with Crippen LogP contribution in [0.15, 0.2) is 53.7 Å². The number of ether oxygens (including phenoxy) is 1. The Kier molecular flexibility index (Phi) is 6.72. The quantitative estimate of drug-likeness (QED) is 0.441. The predicted molar refractivity (Wildman–Crippen MR) is 115 cm³/mol. The van der Waals surface area contributed by atoms with Crippen LogP contribution in [-0.2, 0) is 11.3 Å². The van der Waals surface area contributed by atoms with Gasteiger partial charge in [-0.3, -0.25) is 4.79 Å². The van der Waals surface area contributed by atoms with Crippen molar-refractivity contribution < 1.29 is 18.3 Å². The van der Waals surface area contributed by atoms with Crippen LogP contribution < -0.4 is 10.1 Å². The zero-order valence-electron chi connectivity index (χ0n) is 16.3. The highest BCUT2D eigenvalue weighted by Gasteiger charge is 2.30. The average Bonchev–Trinajstić information content (AvgIpc) is 3.51. The third-order valence-electron chi connectivity index (χ3n) is 4.64. The molecule has 0 bridgehead atoms. The van der Waals surface area contributed by atoms with Gasteiger partial charge in [0.1, 0.15) is 11.6 Å². The van der Waals surface area contributed by atoms with Crippen LogP contribution in [-0.4, -0.2) is 33.0 Å². The fourth-order valence-electron chi connectivity index (χ4n) is 3.06. The molecule has 2 aromatic carbocycles. The van der Waals surface area contributed by atoms with Gasteiger partial charge in [-0.15, -0.1) is 10.2 Å². The number of alkyl halides is 2. The molecule has 1 fully saturated rings. The monoisotopic (exact) mass is 464 g/mol. The Bertz CT molecular complexity index is 1060. The van der Waals surface area contributed by atoms with Crippen molar-refractivity contribution in [3.63, 3.8) is 0 Å². The molecule has 162 valence electrons. The fourth-order valence-corrected chi connectivity index (χ4v) is 4.03. The van der Waals surface area contributed by atoms with E-state index in [1.807, 2.05) is 30.3 Å². The Morgan fingerprint density at radius 2 is 2.00 bits per heavy atom. The summed E-state index contributed by atoms with van der Waals surface area (Å²) in [7, 11) is 0. The molecular formula is C21H19ClF2N4O2S. The summed E-state index contributed by atoms with van der Waals surface area (Å²) >= 11 is 7.23. The van der Waals surface area contributed by atoms with E-state index < -0.39 is 6.61 Å². The number of nitrogens with one attached hydrogen (secondary N) is 1. The molecule has 0 atom stereocenters. The summed E-state index contributed by atoms with van der Waals surface area (Å²) in [6.45, 7) is -2.33. The molecule has 10 heteroatoms. The van der Waals surface area contributed by atoms with Crippen LogP contribution in [0.1, 0.15) is 30.1 Å². The van der Waals surface area contributed by atoms with Crippen molar-refractivity contribution in [2.75, 3.05) is 11.1 Å². The van der Waals surface area contributed by atoms with Gasteiger partial charge in [0.2, 0.25) is 5.91 Å². The number of hydrogen-bond donors (Lipinski definition) is 1. The van der Waals surface area contributed by atoms with E-state index in [1.54, 1.807) is 0 Å². The molecule has 1 heterocycles. The number of hydrogen-bond acceptors (Lipinski definition) is 5. The van der Waals surface area contributed by atoms with Crippen LogP contribution in [0, 0.1) is 0 Å². The summed E-state index contributed by atoms with van der Waals surface area (Å²) in [4.78, 5) is 12.4. The molecular weight excluding hydrogens is 446 g/mol. The molecule has 31 heavy (non-hydrogen) atoms. The molecule has 1 aliphatic rings. The summed E-state index contributed by atoms with van der Waals surface area (Å²) in [5.74, 6) is 1.07. The van der Waals surface area contributed by atoms with Gasteiger partial charge in [0, 0.05) is 11.6 Å². The maximum atomic E-state index is 12.4. The second-order valence-corrected chi connectivity index (χ2v) is 8.40. The maximum absolute atomic E-state index is 12.4. The van der Waals surface area contributed by atoms with Crippen molar-refractivity contribution in [3.8, 4) is 5.75 Å². The highest BCUT2D eigenvalue weighted by molar-refractivity contribution is 7.99. The summed E-state index contributed by atoms with van der Waals surface area (Å²) < 4.78 is 31.0. The van der Waals surface area contributed by atoms with Crippen molar-refractivity contribution in [2.24, 2.45) is 0 Å². The first-order valence-electron chi connectivity index (χ1n) is 9.63. The number of aromatic nitrogens is 3. The van der Waals surface area contributed by atoms with Gasteiger partial charge >= 0.3 is 6.61 Å². The minimum atomic E-state index is -2.97. The second-order valence-electron chi connectivity index (χ2n) is 7.05. The third-order valence-corrected chi connectivity index (χ3v) is 5.90. The molecule has 1 amide bonds. The lowest BCUT2D eigenvalue weighted by Gasteiger charge is -2.11. The molecule has 1 aromatic heterocycles. The second kappa shape index (κ2) is 9.65. The number of nitrogens with zero attached hydrogens (tertiary/aromatic N) is 3. The summed E-state index contributed by atoms with van der Waals surface area (Å²) in [6.07, 6.45) is 2.20. The largest absolute Gasteiger partial charge is 0.433 e. The number of thioether (sulfide) groups is 1. The summed E-state index contributed by atoms with van der Waals surface area (Å²) in [5, 5.41) is 12.0. The number of amides is 1. The number of halogens is 3. The number of rotatable bonds is 9. The van der Waals surface area contributed by atoms with E-state index >= 15 is 0 Å². The number of anilines is 1. The van der Waals surface area contributed by atoms with Gasteiger partial charge in [0.25, 0.3) is 0 Å². The normalized spacial score (nSPS) is 13.4. The topological polar surface area (TPSA) is 69.0 Å². The molecule has 0 saturated heterocycles. The van der Waals surface area contributed by atoms with Gasteiger partial charge in [-0.2, -0.15) is 8.78 Å². The zero-order valence-corrected chi connectivity index (χ0v) is 17.9. The lowest BCUT2D eigenvalue weighted by molar-refractivity contribution is -0.113. The van der Waals surface area contributed by atoms with E-state index in [1.165, 1.54) is 30.0 Å². The minimum Gasteiger partial charge on any atom is -0.433 e. The van der Waals surface area contributed by atoms with E-state index in [4.69, 9.17) is 11.6 Å². The third kappa shape index (κ3) is 5.74. The van der Waals surface area contributed by atoms with Crippen LogP contribution in [0.2, 0.25) is 5.02 Å². The first-order chi connectivity index (χ1) is 15.0. The first-order valence-corrected chi connectivity index (χ1v) is 11.0. The molecule has 0 spiro atoms. The van der Waals surface area contributed by atoms with E-state index in [9.17, 15) is 13.6 Å². The molecule has 4 rings (SSSR count). The molecule has 6 nitrogen and oxygen atoms in total. The molecule has 0 unspecified atom stereocenters. The van der Waals surface area contributed by atoms with Crippen molar-refractivity contribution in [2.45, 2.75) is 37.1 Å². The number of benzene rings is 2. The van der Waals surface area contributed by atoms with E-state index in [2.05, 4.69) is 24.8 Å². The van der Waals surface area contributed by atoms with Crippen molar-refractivity contribution >= 4 is 35.0 Å². The smallest absolute Gasteiger partial charge is 0.387 e. The number of carbonyl (C=O) groups is 1. The highest BCUT2D eigenvalue weighted by atomic mass is 35.5. The van der Waals surface area contributed by atoms with Gasteiger partial charge < -0.3 is 14.6 Å². The van der Waals surface area contributed by atoms with Crippen LogP contribution in [0.4, 0.5) is 14.5 Å². The Morgan fingerprint density at radius 1 is 1.23 bits per heavy atom. The van der Waals surface area contributed by atoms with Gasteiger partial charge in [-0.1, -0.05) is 53.7 Å². The Balaban J connectivity index is 1.40. The van der Waals surface area contributed by atoms with Crippen LogP contribution in [0.3, 0.4) is 0 Å². The zero-order chi connectivity index (χ0) is 21.8. The van der Waals surface area contributed by atoms with Crippen molar-refractivity contribution in [3.05, 3.63) is 64.9 Å².